The molecule has 88 valence electrons. The molecule has 1 heterocycles. The van der Waals surface area contributed by atoms with Crippen molar-refractivity contribution in [1.29, 1.82) is 0 Å². The second-order valence-corrected chi connectivity index (χ2v) is 5.14. The van der Waals surface area contributed by atoms with Crippen molar-refractivity contribution in [1.82, 2.24) is 4.98 Å². The number of aromatic nitrogens is 1. The van der Waals surface area contributed by atoms with Gasteiger partial charge >= 0.3 is 0 Å². The smallest absolute Gasteiger partial charge is 0.180 e. The van der Waals surface area contributed by atoms with Gasteiger partial charge in [-0.1, -0.05) is 15.9 Å². The van der Waals surface area contributed by atoms with Crippen LogP contribution in [0.3, 0.4) is 0 Å². The highest BCUT2D eigenvalue weighted by molar-refractivity contribution is 9.10. The van der Waals surface area contributed by atoms with E-state index in [1.54, 1.807) is 7.11 Å². The number of nitrogen functional groups attached to an aromatic ring is 1. The van der Waals surface area contributed by atoms with E-state index in [0.717, 1.165) is 21.5 Å². The van der Waals surface area contributed by atoms with E-state index < -0.39 is 0 Å². The van der Waals surface area contributed by atoms with Gasteiger partial charge in [0.2, 0.25) is 0 Å². The summed E-state index contributed by atoms with van der Waals surface area (Å²) in [5, 5.41) is 2.49. The summed E-state index contributed by atoms with van der Waals surface area (Å²) in [7, 11) is 1.65. The fourth-order valence-electron chi connectivity index (χ4n) is 1.39. The molecule has 0 aliphatic heterocycles. The number of benzene rings is 1. The Morgan fingerprint density at radius 2 is 2.24 bits per heavy atom. The lowest BCUT2D eigenvalue weighted by Crippen LogP contribution is -1.86. The number of ether oxygens (including phenoxy) is 1. The predicted octanol–water partition coefficient (Wildman–Crippen LogP) is 3.67. The van der Waals surface area contributed by atoms with Crippen LogP contribution in [0.2, 0.25) is 0 Å². The van der Waals surface area contributed by atoms with Crippen LogP contribution in [0.1, 0.15) is 11.3 Å². The summed E-state index contributed by atoms with van der Waals surface area (Å²) in [6, 6.07) is 5.85. The molecule has 0 saturated heterocycles. The van der Waals surface area contributed by atoms with Gasteiger partial charge in [-0.05, 0) is 30.4 Å². The van der Waals surface area contributed by atoms with Crippen LogP contribution < -0.4 is 10.5 Å². The number of hydrogen-bond donors (Lipinski definition) is 1. The van der Waals surface area contributed by atoms with Gasteiger partial charge in [0.15, 0.2) is 5.13 Å². The lowest BCUT2D eigenvalue weighted by molar-refractivity contribution is 0.414. The Balaban J connectivity index is 2.28. The van der Waals surface area contributed by atoms with E-state index >= 15 is 0 Å². The van der Waals surface area contributed by atoms with Crippen molar-refractivity contribution in [2.75, 3.05) is 12.8 Å². The molecule has 0 aliphatic rings. The average molecular weight is 311 g/mol. The maximum Gasteiger partial charge on any atom is 0.180 e. The van der Waals surface area contributed by atoms with Gasteiger partial charge in [-0.15, -0.1) is 11.3 Å². The standard InChI is InChI=1S/C12H11BrN2OS/c1-16-11-5-3-9(13)6-8(11)2-4-10-7-17-12(14)15-10/h2-7H,1H3,(H2,14,15). The Kier molecular flexibility index (Phi) is 3.81. The molecule has 0 saturated carbocycles. The van der Waals surface area contributed by atoms with Crippen molar-refractivity contribution in [3.8, 4) is 5.75 Å². The predicted molar refractivity (Wildman–Crippen MR) is 76.1 cm³/mol. The zero-order valence-electron chi connectivity index (χ0n) is 9.18. The minimum atomic E-state index is 0.575. The normalized spacial score (nSPS) is 10.9. The quantitative estimate of drug-likeness (QED) is 0.941. The molecule has 5 heteroatoms. The van der Waals surface area contributed by atoms with Crippen molar-refractivity contribution in [3.63, 3.8) is 0 Å². The third kappa shape index (κ3) is 3.08. The summed E-state index contributed by atoms with van der Waals surface area (Å²) in [5.74, 6) is 0.827. The van der Waals surface area contributed by atoms with E-state index in [1.165, 1.54) is 11.3 Å². The minimum absolute atomic E-state index is 0.575. The third-order valence-corrected chi connectivity index (χ3v) is 3.35. The molecule has 0 aliphatic carbocycles. The zero-order chi connectivity index (χ0) is 12.3. The second-order valence-electron chi connectivity index (χ2n) is 3.33. The lowest BCUT2D eigenvalue weighted by atomic mass is 10.2. The third-order valence-electron chi connectivity index (χ3n) is 2.17. The van der Waals surface area contributed by atoms with Crippen LogP contribution in [0.15, 0.2) is 28.1 Å². The fraction of sp³-hybridized carbons (Fsp3) is 0.0833. The van der Waals surface area contributed by atoms with Crippen molar-refractivity contribution >= 4 is 44.6 Å². The van der Waals surface area contributed by atoms with Crippen molar-refractivity contribution in [2.24, 2.45) is 0 Å². The maximum absolute atomic E-state index is 5.57. The molecule has 2 aromatic rings. The zero-order valence-corrected chi connectivity index (χ0v) is 11.6. The molecule has 0 unspecified atom stereocenters. The monoisotopic (exact) mass is 310 g/mol. The van der Waals surface area contributed by atoms with E-state index in [4.69, 9.17) is 10.5 Å². The molecule has 0 bridgehead atoms. The second kappa shape index (κ2) is 5.33. The molecule has 2 N–H and O–H groups in total. The van der Waals surface area contributed by atoms with E-state index in [9.17, 15) is 0 Å². The highest BCUT2D eigenvalue weighted by Crippen LogP contribution is 2.25. The summed E-state index contributed by atoms with van der Waals surface area (Å²) < 4.78 is 6.29. The average Bonchev–Trinajstić information content (AvgIpc) is 2.73. The summed E-state index contributed by atoms with van der Waals surface area (Å²) in [6.45, 7) is 0. The van der Waals surface area contributed by atoms with Gasteiger partial charge in [0.1, 0.15) is 5.75 Å². The molecule has 0 spiro atoms. The van der Waals surface area contributed by atoms with Gasteiger partial charge in [-0.2, -0.15) is 0 Å². The first-order valence-corrected chi connectivity index (χ1v) is 6.59. The Morgan fingerprint density at radius 1 is 1.41 bits per heavy atom. The highest BCUT2D eigenvalue weighted by Gasteiger charge is 2.00. The largest absolute Gasteiger partial charge is 0.496 e. The molecule has 0 radical (unpaired) electrons. The number of hydrogen-bond acceptors (Lipinski definition) is 4. The number of rotatable bonds is 3. The summed E-state index contributed by atoms with van der Waals surface area (Å²) in [4.78, 5) is 4.16. The van der Waals surface area contributed by atoms with Crippen LogP contribution in [0.4, 0.5) is 5.13 Å². The summed E-state index contributed by atoms with van der Waals surface area (Å²) in [5.41, 5.74) is 7.42. The molecule has 3 nitrogen and oxygen atoms in total. The SMILES string of the molecule is COc1ccc(Br)cc1C=Cc1csc(N)n1. The van der Waals surface area contributed by atoms with Crippen LogP contribution in [0, 0.1) is 0 Å². The number of methoxy groups -OCH3 is 1. The van der Waals surface area contributed by atoms with Gasteiger partial charge in [-0.25, -0.2) is 4.98 Å². The van der Waals surface area contributed by atoms with E-state index in [-0.39, 0.29) is 0 Å². The highest BCUT2D eigenvalue weighted by atomic mass is 79.9. The maximum atomic E-state index is 5.57. The number of nitrogens with zero attached hydrogens (tertiary/aromatic N) is 1. The molecule has 1 aromatic carbocycles. The fourth-order valence-corrected chi connectivity index (χ4v) is 2.30. The molecule has 2 rings (SSSR count). The molecular formula is C12H11BrN2OS. The van der Waals surface area contributed by atoms with Gasteiger partial charge in [0.25, 0.3) is 0 Å². The van der Waals surface area contributed by atoms with E-state index in [1.807, 2.05) is 35.7 Å². The Labute approximate surface area is 112 Å². The van der Waals surface area contributed by atoms with Gasteiger partial charge in [-0.3, -0.25) is 0 Å². The van der Waals surface area contributed by atoms with Crippen molar-refractivity contribution in [3.05, 3.63) is 39.3 Å². The number of anilines is 1. The number of nitrogens with two attached hydrogens (primary N) is 1. The van der Waals surface area contributed by atoms with E-state index in [2.05, 4.69) is 20.9 Å². The van der Waals surface area contributed by atoms with Crippen LogP contribution in [-0.2, 0) is 0 Å². The molecular weight excluding hydrogens is 300 g/mol. The topological polar surface area (TPSA) is 48.1 Å². The number of halogens is 1. The Hall–Kier alpha value is -1.33. The molecule has 0 atom stereocenters. The lowest BCUT2D eigenvalue weighted by Gasteiger charge is -2.04. The molecule has 0 amide bonds. The molecule has 0 fully saturated rings. The minimum Gasteiger partial charge on any atom is -0.496 e. The molecule has 17 heavy (non-hydrogen) atoms. The van der Waals surface area contributed by atoms with Crippen molar-refractivity contribution < 1.29 is 4.74 Å². The van der Waals surface area contributed by atoms with Crippen LogP contribution in [0.25, 0.3) is 12.2 Å². The van der Waals surface area contributed by atoms with Crippen LogP contribution in [-0.4, -0.2) is 12.1 Å². The first-order chi connectivity index (χ1) is 8.19. The molecule has 1 aromatic heterocycles. The van der Waals surface area contributed by atoms with Gasteiger partial charge in [0, 0.05) is 15.4 Å². The summed E-state index contributed by atoms with van der Waals surface area (Å²) >= 11 is 4.86. The Bertz CT molecular complexity index is 551. The van der Waals surface area contributed by atoms with Gasteiger partial charge < -0.3 is 10.5 Å². The van der Waals surface area contributed by atoms with Gasteiger partial charge in [0.05, 0.1) is 12.8 Å². The first-order valence-electron chi connectivity index (χ1n) is 4.91. The number of thiazole rings is 1. The first kappa shape index (κ1) is 12.1. The van der Waals surface area contributed by atoms with Crippen molar-refractivity contribution in [2.45, 2.75) is 0 Å². The van der Waals surface area contributed by atoms with Crippen LogP contribution >= 0.6 is 27.3 Å². The van der Waals surface area contributed by atoms with E-state index in [0.29, 0.717) is 5.13 Å². The summed E-state index contributed by atoms with van der Waals surface area (Å²) in [6.07, 6.45) is 3.87. The Morgan fingerprint density at radius 3 is 2.88 bits per heavy atom. The van der Waals surface area contributed by atoms with Crippen LogP contribution in [0.5, 0.6) is 5.75 Å².